The highest BCUT2D eigenvalue weighted by molar-refractivity contribution is 7.16. The number of hydrogen-bond donors (Lipinski definition) is 1. The smallest absolute Gasteiger partial charge is 0.0931 e. The van der Waals surface area contributed by atoms with E-state index in [0.29, 0.717) is 12.0 Å². The van der Waals surface area contributed by atoms with E-state index in [4.69, 9.17) is 11.6 Å². The van der Waals surface area contributed by atoms with E-state index < -0.39 is 0 Å². The highest BCUT2D eigenvalue weighted by atomic mass is 35.5. The van der Waals surface area contributed by atoms with Gasteiger partial charge in [-0.3, -0.25) is 0 Å². The maximum absolute atomic E-state index is 6.03. The molecule has 19 heavy (non-hydrogen) atoms. The lowest BCUT2D eigenvalue weighted by Gasteiger charge is -2.23. The summed E-state index contributed by atoms with van der Waals surface area (Å²) >= 11 is 7.72. The second kappa shape index (κ2) is 5.66. The number of halogens is 1. The van der Waals surface area contributed by atoms with Crippen LogP contribution in [-0.2, 0) is 12.8 Å². The molecule has 1 aliphatic rings. The molecule has 2 unspecified atom stereocenters. The molecule has 0 aliphatic heterocycles. The van der Waals surface area contributed by atoms with E-state index in [9.17, 15) is 0 Å². The van der Waals surface area contributed by atoms with Crippen molar-refractivity contribution in [1.29, 1.82) is 0 Å². The summed E-state index contributed by atoms with van der Waals surface area (Å²) in [6, 6.07) is 13.5. The van der Waals surface area contributed by atoms with Crippen LogP contribution in [0.15, 0.2) is 36.4 Å². The molecule has 0 saturated carbocycles. The molecule has 1 N–H and O–H groups in total. The predicted octanol–water partition coefficient (Wildman–Crippen LogP) is 4.26. The van der Waals surface area contributed by atoms with Gasteiger partial charge in [-0.25, -0.2) is 0 Å². The number of fused-ring (bicyclic) bond motifs is 1. The van der Waals surface area contributed by atoms with Crippen LogP contribution in [0.2, 0.25) is 4.34 Å². The van der Waals surface area contributed by atoms with Crippen molar-refractivity contribution in [2.24, 2.45) is 0 Å². The summed E-state index contributed by atoms with van der Waals surface area (Å²) in [6.07, 6.45) is 3.53. The molecule has 1 aromatic carbocycles. The molecule has 2 aromatic rings. The fourth-order valence-corrected chi connectivity index (χ4v) is 4.28. The van der Waals surface area contributed by atoms with Crippen molar-refractivity contribution in [3.05, 3.63) is 56.7 Å². The van der Waals surface area contributed by atoms with Crippen LogP contribution >= 0.6 is 22.9 Å². The summed E-state index contributed by atoms with van der Waals surface area (Å²) in [5, 5.41) is 3.51. The van der Waals surface area contributed by atoms with Crippen molar-refractivity contribution in [2.75, 3.05) is 7.05 Å². The lowest BCUT2D eigenvalue weighted by molar-refractivity contribution is 0.458. The first-order valence-corrected chi connectivity index (χ1v) is 7.96. The molecule has 0 spiro atoms. The van der Waals surface area contributed by atoms with Crippen LogP contribution < -0.4 is 5.32 Å². The fraction of sp³-hybridized carbons (Fsp3) is 0.375. The third-order valence-corrected chi connectivity index (χ3v) is 5.34. The van der Waals surface area contributed by atoms with Crippen LogP contribution in [0.1, 0.15) is 28.3 Å². The van der Waals surface area contributed by atoms with Gasteiger partial charge in [0.2, 0.25) is 0 Å². The monoisotopic (exact) mass is 291 g/mol. The minimum Gasteiger partial charge on any atom is -0.316 e. The van der Waals surface area contributed by atoms with E-state index in [-0.39, 0.29) is 0 Å². The zero-order valence-corrected chi connectivity index (χ0v) is 12.6. The zero-order chi connectivity index (χ0) is 13.2. The van der Waals surface area contributed by atoms with Crippen LogP contribution in [-0.4, -0.2) is 13.1 Å². The number of nitrogens with one attached hydrogen (secondary N) is 1. The number of benzene rings is 1. The second-order valence-corrected chi connectivity index (χ2v) is 6.95. The van der Waals surface area contributed by atoms with Gasteiger partial charge >= 0.3 is 0 Å². The average molecular weight is 292 g/mol. The Labute approximate surface area is 123 Å². The number of aryl methyl sites for hydroxylation is 1. The van der Waals surface area contributed by atoms with Crippen molar-refractivity contribution >= 4 is 22.9 Å². The van der Waals surface area contributed by atoms with Crippen LogP contribution in [0.3, 0.4) is 0 Å². The molecule has 2 atom stereocenters. The van der Waals surface area contributed by atoms with E-state index in [1.807, 2.05) is 6.07 Å². The Bertz CT molecular complexity index is 563. The van der Waals surface area contributed by atoms with Gasteiger partial charge < -0.3 is 5.32 Å². The highest BCUT2D eigenvalue weighted by Gasteiger charge is 2.28. The van der Waals surface area contributed by atoms with Gasteiger partial charge in [-0.1, -0.05) is 35.9 Å². The first-order chi connectivity index (χ1) is 9.28. The predicted molar refractivity (Wildman–Crippen MR) is 83.4 cm³/mol. The Hall–Kier alpha value is -0.830. The molecule has 0 bridgehead atoms. The molecule has 0 saturated heterocycles. The molecule has 3 heteroatoms. The number of hydrogen-bond acceptors (Lipinski definition) is 2. The molecule has 1 nitrogen and oxygen atoms in total. The molecule has 0 radical (unpaired) electrons. The van der Waals surface area contributed by atoms with Crippen LogP contribution in [0.5, 0.6) is 0 Å². The maximum atomic E-state index is 6.03. The van der Waals surface area contributed by atoms with Gasteiger partial charge in [0, 0.05) is 16.8 Å². The molecular formula is C16H18ClNS. The normalized spacial score (nSPS) is 19.4. The van der Waals surface area contributed by atoms with Gasteiger partial charge in [-0.2, -0.15) is 0 Å². The maximum Gasteiger partial charge on any atom is 0.0931 e. The minimum absolute atomic E-state index is 0.498. The Morgan fingerprint density at radius 1 is 1.32 bits per heavy atom. The van der Waals surface area contributed by atoms with Crippen molar-refractivity contribution < 1.29 is 0 Å². The zero-order valence-electron chi connectivity index (χ0n) is 11.0. The largest absolute Gasteiger partial charge is 0.316 e. The van der Waals surface area contributed by atoms with Crippen LogP contribution in [0.25, 0.3) is 0 Å². The van der Waals surface area contributed by atoms with E-state index in [2.05, 4.69) is 42.7 Å². The van der Waals surface area contributed by atoms with Gasteiger partial charge in [0.25, 0.3) is 0 Å². The number of rotatable bonds is 4. The Morgan fingerprint density at radius 3 is 2.89 bits per heavy atom. The topological polar surface area (TPSA) is 12.0 Å². The molecule has 1 heterocycles. The van der Waals surface area contributed by atoms with Gasteiger partial charge in [-0.05, 0) is 49.6 Å². The van der Waals surface area contributed by atoms with E-state index >= 15 is 0 Å². The minimum atomic E-state index is 0.498. The van der Waals surface area contributed by atoms with Crippen LogP contribution in [0, 0.1) is 0 Å². The fourth-order valence-electron chi connectivity index (χ4n) is 3.13. The first-order valence-electron chi connectivity index (χ1n) is 6.77. The molecule has 0 fully saturated rings. The molecule has 1 aromatic heterocycles. The molecule has 100 valence electrons. The molecular weight excluding hydrogens is 274 g/mol. The number of thiophene rings is 1. The van der Waals surface area contributed by atoms with Gasteiger partial charge in [0.1, 0.15) is 0 Å². The Morgan fingerprint density at radius 2 is 2.16 bits per heavy atom. The van der Waals surface area contributed by atoms with E-state index in [0.717, 1.165) is 10.8 Å². The summed E-state index contributed by atoms with van der Waals surface area (Å²) in [5.41, 5.74) is 3.06. The second-order valence-electron chi connectivity index (χ2n) is 5.15. The van der Waals surface area contributed by atoms with Crippen molar-refractivity contribution in [3.8, 4) is 0 Å². The quantitative estimate of drug-likeness (QED) is 0.887. The standard InChI is InChI=1S/C16H18ClNS/c1-18-15(10-12-7-9-16(17)19-12)14-8-6-11-4-2-3-5-13(11)14/h2-5,7,9,14-15,18H,6,8,10H2,1H3. The van der Waals surface area contributed by atoms with E-state index in [1.165, 1.54) is 28.8 Å². The third-order valence-electron chi connectivity index (χ3n) is 4.09. The van der Waals surface area contributed by atoms with Gasteiger partial charge in [-0.15, -0.1) is 11.3 Å². The lowest BCUT2D eigenvalue weighted by atomic mass is 9.91. The third kappa shape index (κ3) is 2.71. The SMILES string of the molecule is CNC(Cc1ccc(Cl)s1)C1CCc2ccccc21. The summed E-state index contributed by atoms with van der Waals surface area (Å²) < 4.78 is 0.886. The van der Waals surface area contributed by atoms with Crippen LogP contribution in [0.4, 0.5) is 0 Å². The van der Waals surface area contributed by atoms with Crippen molar-refractivity contribution in [2.45, 2.75) is 31.2 Å². The molecule has 1 aliphatic carbocycles. The van der Waals surface area contributed by atoms with Gasteiger partial charge in [0.05, 0.1) is 4.34 Å². The van der Waals surface area contributed by atoms with Gasteiger partial charge in [0.15, 0.2) is 0 Å². The van der Waals surface area contributed by atoms with E-state index in [1.54, 1.807) is 11.3 Å². The average Bonchev–Trinajstić information content (AvgIpc) is 3.02. The molecule has 0 amide bonds. The Kier molecular flexibility index (Phi) is 3.92. The summed E-state index contributed by atoms with van der Waals surface area (Å²) in [6.45, 7) is 0. The summed E-state index contributed by atoms with van der Waals surface area (Å²) in [7, 11) is 2.07. The van der Waals surface area contributed by atoms with Crippen molar-refractivity contribution in [1.82, 2.24) is 5.32 Å². The highest BCUT2D eigenvalue weighted by Crippen LogP contribution is 2.37. The van der Waals surface area contributed by atoms with Crippen molar-refractivity contribution in [3.63, 3.8) is 0 Å². The lowest BCUT2D eigenvalue weighted by Crippen LogP contribution is -2.33. The first kappa shape index (κ1) is 13.2. The molecule has 3 rings (SSSR count). The Balaban J connectivity index is 1.80. The number of likely N-dealkylation sites (N-methyl/N-ethyl adjacent to an activating group) is 1. The summed E-state index contributed by atoms with van der Waals surface area (Å²) in [4.78, 5) is 1.37. The summed E-state index contributed by atoms with van der Waals surface area (Å²) in [5.74, 6) is 0.627.